The fourth-order valence-corrected chi connectivity index (χ4v) is 1.92. The molecular weight excluding hydrogens is 254 g/mol. The number of nitro groups is 1. The van der Waals surface area contributed by atoms with Crippen LogP contribution in [0.3, 0.4) is 0 Å². The predicted octanol–water partition coefficient (Wildman–Crippen LogP) is 3.39. The monoisotopic (exact) mass is 267 g/mol. The standard InChI is InChI=1S/C15H13N3O2/c1-11-7-15(18(19)20)13(9-16)8-14(11)17-10-12-5-3-2-4-6-12/h2-8,17H,10H2,1H3. The lowest BCUT2D eigenvalue weighted by molar-refractivity contribution is -0.385. The van der Waals surface area contributed by atoms with Gasteiger partial charge in [-0.15, -0.1) is 0 Å². The van der Waals surface area contributed by atoms with Crippen molar-refractivity contribution in [2.75, 3.05) is 5.32 Å². The fourth-order valence-electron chi connectivity index (χ4n) is 1.92. The van der Waals surface area contributed by atoms with Crippen LogP contribution in [0.1, 0.15) is 16.7 Å². The average Bonchev–Trinajstić information content (AvgIpc) is 2.46. The quantitative estimate of drug-likeness (QED) is 0.680. The molecule has 0 aliphatic carbocycles. The normalized spacial score (nSPS) is 9.80. The van der Waals surface area contributed by atoms with E-state index < -0.39 is 4.92 Å². The van der Waals surface area contributed by atoms with Gasteiger partial charge in [0.15, 0.2) is 0 Å². The van der Waals surface area contributed by atoms with Gasteiger partial charge in [-0.1, -0.05) is 30.3 Å². The SMILES string of the molecule is Cc1cc([N+](=O)[O-])c(C#N)cc1NCc1ccccc1. The van der Waals surface area contributed by atoms with E-state index in [4.69, 9.17) is 5.26 Å². The second-order valence-corrected chi connectivity index (χ2v) is 4.39. The highest BCUT2D eigenvalue weighted by Crippen LogP contribution is 2.26. The number of benzene rings is 2. The first kappa shape index (κ1) is 13.6. The Bertz CT molecular complexity index is 676. The van der Waals surface area contributed by atoms with Crippen LogP contribution in [0.5, 0.6) is 0 Å². The molecule has 0 unspecified atom stereocenters. The van der Waals surface area contributed by atoms with Gasteiger partial charge in [-0.2, -0.15) is 5.26 Å². The third-order valence-corrected chi connectivity index (χ3v) is 2.99. The molecule has 0 aromatic heterocycles. The van der Waals surface area contributed by atoms with Crippen molar-refractivity contribution in [3.05, 3.63) is 69.3 Å². The van der Waals surface area contributed by atoms with Crippen molar-refractivity contribution >= 4 is 11.4 Å². The Kier molecular flexibility index (Phi) is 3.96. The molecule has 0 atom stereocenters. The molecule has 2 rings (SSSR count). The Labute approximate surface area is 116 Å². The molecule has 0 fully saturated rings. The Morgan fingerprint density at radius 3 is 2.60 bits per heavy atom. The molecule has 5 heteroatoms. The van der Waals surface area contributed by atoms with Crippen LogP contribution in [0.2, 0.25) is 0 Å². The van der Waals surface area contributed by atoms with Gasteiger partial charge in [0.1, 0.15) is 11.6 Å². The maximum absolute atomic E-state index is 10.9. The molecule has 2 aromatic rings. The van der Waals surface area contributed by atoms with Gasteiger partial charge in [0.2, 0.25) is 0 Å². The minimum Gasteiger partial charge on any atom is -0.381 e. The largest absolute Gasteiger partial charge is 0.381 e. The lowest BCUT2D eigenvalue weighted by Gasteiger charge is -2.10. The summed E-state index contributed by atoms with van der Waals surface area (Å²) in [6.07, 6.45) is 0. The zero-order valence-corrected chi connectivity index (χ0v) is 11.0. The van der Waals surface area contributed by atoms with Crippen molar-refractivity contribution in [1.29, 1.82) is 5.26 Å². The van der Waals surface area contributed by atoms with E-state index >= 15 is 0 Å². The Morgan fingerprint density at radius 2 is 2.00 bits per heavy atom. The lowest BCUT2D eigenvalue weighted by Crippen LogP contribution is -2.03. The summed E-state index contributed by atoms with van der Waals surface area (Å²) < 4.78 is 0. The van der Waals surface area contributed by atoms with Crippen LogP contribution >= 0.6 is 0 Å². The summed E-state index contributed by atoms with van der Waals surface area (Å²) in [5.74, 6) is 0. The van der Waals surface area contributed by atoms with Crippen LogP contribution in [-0.4, -0.2) is 4.92 Å². The summed E-state index contributed by atoms with van der Waals surface area (Å²) in [5, 5.41) is 23.0. The Morgan fingerprint density at radius 1 is 1.30 bits per heavy atom. The van der Waals surface area contributed by atoms with Crippen molar-refractivity contribution in [1.82, 2.24) is 0 Å². The molecule has 0 aliphatic rings. The lowest BCUT2D eigenvalue weighted by atomic mass is 10.1. The molecule has 100 valence electrons. The van der Waals surface area contributed by atoms with Crippen LogP contribution < -0.4 is 5.32 Å². The third kappa shape index (κ3) is 2.93. The van der Waals surface area contributed by atoms with Crippen molar-refractivity contribution in [3.63, 3.8) is 0 Å². The number of anilines is 1. The Hall–Kier alpha value is -2.87. The first-order valence-electron chi connectivity index (χ1n) is 6.08. The van der Waals surface area contributed by atoms with Gasteiger partial charge in [0.05, 0.1) is 4.92 Å². The van der Waals surface area contributed by atoms with Crippen molar-refractivity contribution in [2.45, 2.75) is 13.5 Å². The molecule has 0 saturated carbocycles. The van der Waals surface area contributed by atoms with E-state index in [0.717, 1.165) is 16.8 Å². The maximum Gasteiger partial charge on any atom is 0.287 e. The van der Waals surface area contributed by atoms with Crippen LogP contribution in [-0.2, 0) is 6.54 Å². The molecule has 0 aliphatic heterocycles. The minimum atomic E-state index is -0.535. The van der Waals surface area contributed by atoms with E-state index in [1.165, 1.54) is 12.1 Å². The number of nitriles is 1. The van der Waals surface area contributed by atoms with E-state index in [1.807, 2.05) is 36.4 Å². The van der Waals surface area contributed by atoms with Crippen LogP contribution in [0.4, 0.5) is 11.4 Å². The van der Waals surface area contributed by atoms with E-state index in [2.05, 4.69) is 5.32 Å². The van der Waals surface area contributed by atoms with Gasteiger partial charge in [0.25, 0.3) is 5.69 Å². The van der Waals surface area contributed by atoms with Crippen molar-refractivity contribution < 1.29 is 4.92 Å². The maximum atomic E-state index is 10.9. The van der Waals surface area contributed by atoms with E-state index in [9.17, 15) is 10.1 Å². The molecule has 0 spiro atoms. The van der Waals surface area contributed by atoms with Crippen LogP contribution in [0.15, 0.2) is 42.5 Å². The molecule has 5 nitrogen and oxygen atoms in total. The number of nitro benzene ring substituents is 1. The van der Waals surface area contributed by atoms with Gasteiger partial charge in [-0.05, 0) is 24.1 Å². The molecule has 2 aromatic carbocycles. The van der Waals surface area contributed by atoms with E-state index in [0.29, 0.717) is 6.54 Å². The Balaban J connectivity index is 2.25. The number of hydrogen-bond acceptors (Lipinski definition) is 4. The van der Waals surface area contributed by atoms with Gasteiger partial charge in [-0.25, -0.2) is 0 Å². The molecule has 0 heterocycles. The molecule has 1 N–H and O–H groups in total. The number of aryl methyl sites for hydroxylation is 1. The molecule has 0 saturated heterocycles. The second-order valence-electron chi connectivity index (χ2n) is 4.39. The van der Waals surface area contributed by atoms with Crippen molar-refractivity contribution in [3.8, 4) is 6.07 Å². The van der Waals surface area contributed by atoms with E-state index in [-0.39, 0.29) is 11.3 Å². The number of nitrogens with zero attached hydrogens (tertiary/aromatic N) is 2. The highest BCUT2D eigenvalue weighted by Gasteiger charge is 2.16. The summed E-state index contributed by atoms with van der Waals surface area (Å²) in [6.45, 7) is 2.38. The first-order chi connectivity index (χ1) is 9.61. The number of hydrogen-bond donors (Lipinski definition) is 1. The van der Waals surface area contributed by atoms with Crippen LogP contribution in [0, 0.1) is 28.4 Å². The van der Waals surface area contributed by atoms with Gasteiger partial charge in [0, 0.05) is 18.3 Å². The summed E-state index contributed by atoms with van der Waals surface area (Å²) >= 11 is 0. The minimum absolute atomic E-state index is 0.0659. The van der Waals surface area contributed by atoms with Crippen molar-refractivity contribution in [2.24, 2.45) is 0 Å². The summed E-state index contributed by atoms with van der Waals surface area (Å²) in [7, 11) is 0. The van der Waals surface area contributed by atoms with Gasteiger partial charge < -0.3 is 5.32 Å². The fraction of sp³-hybridized carbons (Fsp3) is 0.133. The zero-order valence-electron chi connectivity index (χ0n) is 11.0. The van der Waals surface area contributed by atoms with E-state index in [1.54, 1.807) is 6.92 Å². The second kappa shape index (κ2) is 5.85. The third-order valence-electron chi connectivity index (χ3n) is 2.99. The molecule has 0 bridgehead atoms. The topological polar surface area (TPSA) is 79.0 Å². The van der Waals surface area contributed by atoms with Gasteiger partial charge in [-0.3, -0.25) is 10.1 Å². The van der Waals surface area contributed by atoms with Crippen LogP contribution in [0.25, 0.3) is 0 Å². The average molecular weight is 267 g/mol. The summed E-state index contributed by atoms with van der Waals surface area (Å²) in [4.78, 5) is 10.3. The van der Waals surface area contributed by atoms with Gasteiger partial charge >= 0.3 is 0 Å². The molecule has 0 radical (unpaired) electrons. The zero-order chi connectivity index (χ0) is 14.5. The first-order valence-corrected chi connectivity index (χ1v) is 6.08. The smallest absolute Gasteiger partial charge is 0.287 e. The molecular formula is C15H13N3O2. The predicted molar refractivity (Wildman–Crippen MR) is 76.3 cm³/mol. The highest BCUT2D eigenvalue weighted by atomic mass is 16.6. The summed E-state index contributed by atoms with van der Waals surface area (Å²) in [6, 6.07) is 14.6. The molecule has 20 heavy (non-hydrogen) atoms. The summed E-state index contributed by atoms with van der Waals surface area (Å²) in [5.41, 5.74) is 2.48. The number of nitrogens with one attached hydrogen (secondary N) is 1. The number of rotatable bonds is 4. The molecule has 0 amide bonds. The highest BCUT2D eigenvalue weighted by molar-refractivity contribution is 5.63.